The van der Waals surface area contributed by atoms with E-state index >= 15 is 0 Å². The zero-order valence-corrected chi connectivity index (χ0v) is 26.1. The number of nitrogens with zero attached hydrogens (tertiary/aromatic N) is 2. The highest BCUT2D eigenvalue weighted by Crippen LogP contribution is 2.51. The van der Waals surface area contributed by atoms with Crippen molar-refractivity contribution < 1.29 is 33.6 Å². The number of amides is 1. The summed E-state index contributed by atoms with van der Waals surface area (Å²) in [6, 6.07) is 14.2. The number of ether oxygens (including phenoxy) is 4. The third kappa shape index (κ3) is 6.56. The monoisotopic (exact) mass is 623 g/mol. The number of carbonyl (C=O) groups excluding carboxylic acids is 1. The van der Waals surface area contributed by atoms with Crippen LogP contribution in [0.4, 0.5) is 4.79 Å². The van der Waals surface area contributed by atoms with Crippen molar-refractivity contribution in [3.63, 3.8) is 0 Å². The first-order valence-electron chi connectivity index (χ1n) is 14.7. The molecule has 0 aliphatic heterocycles. The number of carboxylic acid groups (broad SMARTS) is 1. The number of carbonyl (C=O) groups is 2. The molecule has 2 aliphatic carbocycles. The third-order valence-corrected chi connectivity index (χ3v) is 8.74. The van der Waals surface area contributed by atoms with Crippen molar-refractivity contribution in [2.45, 2.75) is 37.8 Å². The maximum absolute atomic E-state index is 13.7. The highest BCUT2D eigenvalue weighted by molar-refractivity contribution is 6.32. The summed E-state index contributed by atoms with van der Waals surface area (Å²) in [6.07, 6.45) is 2.47. The number of hydrogen-bond donors (Lipinski definition) is 2. The predicted molar refractivity (Wildman–Crippen MR) is 167 cm³/mol. The Morgan fingerprint density at radius 2 is 1.82 bits per heavy atom. The number of rotatable bonds is 12. The number of benzene rings is 2. The van der Waals surface area contributed by atoms with E-state index in [0.29, 0.717) is 63.6 Å². The molecule has 10 nitrogen and oxygen atoms in total. The second kappa shape index (κ2) is 13.3. The highest BCUT2D eigenvalue weighted by Gasteiger charge is 2.55. The summed E-state index contributed by atoms with van der Waals surface area (Å²) >= 11 is 6.52. The number of pyridine rings is 1. The summed E-state index contributed by atoms with van der Waals surface area (Å²) in [4.78, 5) is 32.3. The van der Waals surface area contributed by atoms with E-state index in [1.165, 1.54) is 0 Å². The van der Waals surface area contributed by atoms with Gasteiger partial charge < -0.3 is 34.3 Å². The first-order chi connectivity index (χ1) is 21.1. The Balaban J connectivity index is 1.57. The van der Waals surface area contributed by atoms with E-state index in [1.807, 2.05) is 38.4 Å². The van der Waals surface area contributed by atoms with Crippen LogP contribution in [0, 0.1) is 11.8 Å². The van der Waals surface area contributed by atoms with Gasteiger partial charge in [0.1, 0.15) is 22.9 Å². The molecule has 3 atom stereocenters. The molecule has 2 N–H and O–H groups in total. The van der Waals surface area contributed by atoms with E-state index in [1.54, 1.807) is 38.5 Å². The van der Waals surface area contributed by atoms with Crippen LogP contribution in [0.3, 0.4) is 0 Å². The van der Waals surface area contributed by atoms with Gasteiger partial charge in [0.15, 0.2) is 5.72 Å². The smallest absolute Gasteiger partial charge is 0.496 e. The van der Waals surface area contributed by atoms with Crippen LogP contribution in [-0.2, 0) is 4.74 Å². The van der Waals surface area contributed by atoms with E-state index in [2.05, 4.69) is 10.2 Å². The van der Waals surface area contributed by atoms with Gasteiger partial charge in [-0.3, -0.25) is 4.79 Å². The Morgan fingerprint density at radius 1 is 1.07 bits per heavy atom. The van der Waals surface area contributed by atoms with Crippen LogP contribution in [0.2, 0.25) is 5.02 Å². The van der Waals surface area contributed by atoms with E-state index in [-0.39, 0.29) is 11.6 Å². The summed E-state index contributed by atoms with van der Waals surface area (Å²) in [5, 5.41) is 12.9. The molecule has 44 heavy (non-hydrogen) atoms. The molecule has 2 fully saturated rings. The van der Waals surface area contributed by atoms with Crippen LogP contribution in [0.15, 0.2) is 48.5 Å². The fourth-order valence-electron chi connectivity index (χ4n) is 6.44. The van der Waals surface area contributed by atoms with Crippen LogP contribution in [0.25, 0.3) is 22.4 Å². The van der Waals surface area contributed by atoms with Crippen molar-refractivity contribution in [2.75, 3.05) is 41.5 Å². The van der Waals surface area contributed by atoms with Crippen molar-refractivity contribution in [2.24, 2.45) is 11.8 Å². The Morgan fingerprint density at radius 3 is 2.43 bits per heavy atom. The highest BCUT2D eigenvalue weighted by atomic mass is 35.5. The lowest BCUT2D eigenvalue weighted by Crippen LogP contribution is -2.55. The number of methoxy groups -OCH3 is 2. The van der Waals surface area contributed by atoms with Crippen LogP contribution in [-0.4, -0.2) is 74.2 Å². The van der Waals surface area contributed by atoms with Crippen molar-refractivity contribution in [3.8, 4) is 39.6 Å². The fraction of sp³-hybridized carbons (Fsp3) is 0.424. The van der Waals surface area contributed by atoms with Gasteiger partial charge in [0.2, 0.25) is 0 Å². The molecule has 2 saturated carbocycles. The third-order valence-electron chi connectivity index (χ3n) is 8.42. The summed E-state index contributed by atoms with van der Waals surface area (Å²) in [6.45, 7) is 1.33. The first kappa shape index (κ1) is 31.4. The SMILES string of the molecule is COc1cccc(OC)c1-c1ccc(C(=O)NC2(OC(=O)O)CC3CCC2C3)nc1-c1ccc(Cl)c(OCCCN(C)C)c1. The van der Waals surface area contributed by atoms with Gasteiger partial charge in [0.05, 0.1) is 37.1 Å². The standard InChI is InChI=1S/C33H38ClN3O7/c1-37(2)15-6-16-43-28-18-21(10-13-24(28)34)30-23(29-26(41-3)7-5-8-27(29)42-4)12-14-25(35-30)31(38)36-33(44-32(39)40)19-20-9-11-22(33)17-20/h5,7-8,10,12-14,18,20,22H,6,9,11,15-17,19H2,1-4H3,(H,36,38)(H,39,40). The molecule has 3 aromatic rings. The molecule has 0 saturated heterocycles. The van der Waals surface area contributed by atoms with Gasteiger partial charge in [-0.2, -0.15) is 0 Å². The second-order valence-electron chi connectivity index (χ2n) is 11.6. The molecular weight excluding hydrogens is 586 g/mol. The van der Waals surface area contributed by atoms with Gasteiger partial charge in [-0.1, -0.05) is 23.7 Å². The number of hydrogen-bond acceptors (Lipinski definition) is 8. The number of aromatic nitrogens is 1. The Kier molecular flexibility index (Phi) is 9.51. The van der Waals surface area contributed by atoms with Crippen molar-refractivity contribution in [3.05, 3.63) is 59.2 Å². The van der Waals surface area contributed by atoms with Gasteiger partial charge in [0.25, 0.3) is 5.91 Å². The molecule has 1 heterocycles. The molecule has 11 heteroatoms. The Hall–Kier alpha value is -4.02. The van der Waals surface area contributed by atoms with Gasteiger partial charge >= 0.3 is 6.16 Å². The quantitative estimate of drug-likeness (QED) is 0.135. The van der Waals surface area contributed by atoms with E-state index in [4.69, 9.17) is 35.5 Å². The summed E-state index contributed by atoms with van der Waals surface area (Å²) in [5.74, 6) is 1.34. The maximum atomic E-state index is 13.7. The van der Waals surface area contributed by atoms with Gasteiger partial charge in [0, 0.05) is 30.0 Å². The largest absolute Gasteiger partial charge is 0.507 e. The minimum Gasteiger partial charge on any atom is -0.496 e. The number of fused-ring (bicyclic) bond motifs is 2. The zero-order valence-electron chi connectivity index (χ0n) is 25.4. The normalized spacial score (nSPS) is 20.4. The van der Waals surface area contributed by atoms with Gasteiger partial charge in [-0.25, -0.2) is 9.78 Å². The summed E-state index contributed by atoms with van der Waals surface area (Å²) < 4.78 is 22.8. The van der Waals surface area contributed by atoms with Crippen molar-refractivity contribution in [1.82, 2.24) is 15.2 Å². The second-order valence-corrected chi connectivity index (χ2v) is 12.0. The lowest BCUT2D eigenvalue weighted by Gasteiger charge is -2.36. The number of halogens is 1. The molecule has 1 aromatic heterocycles. The molecule has 1 amide bonds. The summed E-state index contributed by atoms with van der Waals surface area (Å²) in [7, 11) is 7.16. The average Bonchev–Trinajstić information content (AvgIpc) is 3.60. The van der Waals surface area contributed by atoms with Crippen molar-refractivity contribution in [1.29, 1.82) is 0 Å². The van der Waals surface area contributed by atoms with Crippen LogP contribution < -0.4 is 19.5 Å². The molecule has 0 radical (unpaired) electrons. The average molecular weight is 624 g/mol. The zero-order chi connectivity index (χ0) is 31.4. The van der Waals surface area contributed by atoms with E-state index in [9.17, 15) is 14.7 Å². The van der Waals surface area contributed by atoms with Crippen LogP contribution in [0.5, 0.6) is 17.2 Å². The van der Waals surface area contributed by atoms with Crippen LogP contribution in [0.1, 0.15) is 42.6 Å². The maximum Gasteiger partial charge on any atom is 0.507 e. The minimum atomic E-state index is -1.41. The van der Waals surface area contributed by atoms with Gasteiger partial charge in [-0.05, 0) is 82.1 Å². The molecule has 3 unspecified atom stereocenters. The van der Waals surface area contributed by atoms with Crippen LogP contribution >= 0.6 is 11.6 Å². The topological polar surface area (TPSA) is 119 Å². The molecule has 2 aliphatic rings. The minimum absolute atomic E-state index is 0.0763. The molecule has 5 rings (SSSR count). The van der Waals surface area contributed by atoms with E-state index < -0.39 is 17.8 Å². The molecule has 0 spiro atoms. The molecule has 2 bridgehead atoms. The van der Waals surface area contributed by atoms with E-state index in [0.717, 1.165) is 32.2 Å². The van der Waals surface area contributed by atoms with Crippen molar-refractivity contribution >= 4 is 23.7 Å². The lowest BCUT2D eigenvalue weighted by molar-refractivity contribution is -0.0699. The number of nitrogens with one attached hydrogen (secondary N) is 1. The Labute approximate surface area is 262 Å². The first-order valence-corrected chi connectivity index (χ1v) is 15.1. The molecular formula is C33H38ClN3O7. The molecule has 2 aromatic carbocycles. The summed E-state index contributed by atoms with van der Waals surface area (Å²) in [5.41, 5.74) is 1.29. The fourth-order valence-corrected chi connectivity index (χ4v) is 6.62. The molecule has 234 valence electrons. The lowest BCUT2D eigenvalue weighted by atomic mass is 9.91. The Bertz CT molecular complexity index is 1510. The van der Waals surface area contributed by atoms with Gasteiger partial charge in [-0.15, -0.1) is 0 Å². The predicted octanol–water partition coefficient (Wildman–Crippen LogP) is 6.36.